The Morgan fingerprint density at radius 1 is 1.50 bits per heavy atom. The zero-order valence-corrected chi connectivity index (χ0v) is 8.02. The molecule has 0 aliphatic heterocycles. The zero-order valence-electron chi connectivity index (χ0n) is 6.44. The molecule has 0 radical (unpaired) electrons. The van der Waals surface area contributed by atoms with E-state index in [1.54, 1.807) is 0 Å². The van der Waals surface area contributed by atoms with Crippen molar-refractivity contribution in [3.8, 4) is 0 Å². The molecule has 1 aliphatic rings. The topological polar surface area (TPSA) is 20.2 Å². The smallest absolute Gasteiger partial charge is 0.0484 e. The van der Waals surface area contributed by atoms with Gasteiger partial charge in [0.2, 0.25) is 0 Å². The highest BCUT2D eigenvalue weighted by atomic mass is 79.9. The summed E-state index contributed by atoms with van der Waals surface area (Å²) in [5.74, 6) is 0. The summed E-state index contributed by atoms with van der Waals surface area (Å²) in [6.07, 6.45) is 4.77. The van der Waals surface area contributed by atoms with E-state index < -0.39 is 0 Å². The first-order chi connectivity index (χ1) is 4.66. The van der Waals surface area contributed by atoms with Gasteiger partial charge in [0.15, 0.2) is 0 Å². The second kappa shape index (κ2) is 3.22. The van der Waals surface area contributed by atoms with Crippen LogP contribution in [0.5, 0.6) is 0 Å². The predicted octanol–water partition coefficient (Wildman–Crippen LogP) is 2.32. The third-order valence-corrected chi connectivity index (χ3v) is 3.42. The van der Waals surface area contributed by atoms with E-state index in [4.69, 9.17) is 5.11 Å². The lowest BCUT2D eigenvalue weighted by atomic mass is 9.76. The second-order valence-corrected chi connectivity index (χ2v) is 4.94. The lowest BCUT2D eigenvalue weighted by Gasteiger charge is -2.33. The molecule has 0 spiro atoms. The van der Waals surface area contributed by atoms with Crippen LogP contribution in [-0.4, -0.2) is 16.5 Å². The molecule has 2 heteroatoms. The molecular formula is C8H15BrO. The maximum Gasteiger partial charge on any atom is 0.0484 e. The first-order valence-electron chi connectivity index (χ1n) is 3.91. The molecule has 0 atom stereocenters. The van der Waals surface area contributed by atoms with Crippen LogP contribution in [0, 0.1) is 5.41 Å². The second-order valence-electron chi connectivity index (χ2n) is 3.64. The number of hydrogen-bond donors (Lipinski definition) is 1. The first kappa shape index (κ1) is 8.54. The largest absolute Gasteiger partial charge is 0.396 e. The summed E-state index contributed by atoms with van der Waals surface area (Å²) in [5, 5.41) is 9.02. The summed E-state index contributed by atoms with van der Waals surface area (Å²) in [5.41, 5.74) is 0.226. The summed E-state index contributed by atoms with van der Waals surface area (Å²) in [7, 11) is 0. The Kier molecular flexibility index (Phi) is 2.75. The number of aliphatic hydroxyl groups is 1. The van der Waals surface area contributed by atoms with Crippen LogP contribution in [-0.2, 0) is 0 Å². The van der Waals surface area contributed by atoms with Gasteiger partial charge in [0.25, 0.3) is 0 Å². The number of rotatable bonds is 1. The average molecular weight is 207 g/mol. The summed E-state index contributed by atoms with van der Waals surface area (Å²) < 4.78 is 0. The molecule has 0 aromatic rings. The van der Waals surface area contributed by atoms with Crippen molar-refractivity contribution >= 4 is 15.9 Å². The fourth-order valence-corrected chi connectivity index (χ4v) is 1.90. The van der Waals surface area contributed by atoms with Gasteiger partial charge in [-0.3, -0.25) is 0 Å². The standard InChI is InChI=1S/C8H15BrO/c1-8(6-10)4-2-7(9)3-5-8/h7,10H,2-6H2,1H3. The third kappa shape index (κ3) is 1.96. The van der Waals surface area contributed by atoms with Crippen LogP contribution >= 0.6 is 15.9 Å². The van der Waals surface area contributed by atoms with E-state index in [0.717, 1.165) is 0 Å². The molecule has 1 fully saturated rings. The zero-order chi connectivity index (χ0) is 7.61. The van der Waals surface area contributed by atoms with Crippen molar-refractivity contribution < 1.29 is 5.11 Å². The van der Waals surface area contributed by atoms with Gasteiger partial charge >= 0.3 is 0 Å². The monoisotopic (exact) mass is 206 g/mol. The van der Waals surface area contributed by atoms with Gasteiger partial charge in [-0.25, -0.2) is 0 Å². The summed E-state index contributed by atoms with van der Waals surface area (Å²) >= 11 is 3.59. The number of aliphatic hydroxyl groups excluding tert-OH is 1. The van der Waals surface area contributed by atoms with Gasteiger partial charge in [0.1, 0.15) is 0 Å². The van der Waals surface area contributed by atoms with Crippen molar-refractivity contribution in [2.24, 2.45) is 5.41 Å². The fourth-order valence-electron chi connectivity index (χ4n) is 1.44. The van der Waals surface area contributed by atoms with Crippen LogP contribution in [0.3, 0.4) is 0 Å². The minimum atomic E-state index is 0.226. The van der Waals surface area contributed by atoms with Crippen LogP contribution in [0.25, 0.3) is 0 Å². The Hall–Kier alpha value is 0.440. The molecule has 0 aromatic heterocycles. The molecule has 0 saturated heterocycles. The van der Waals surface area contributed by atoms with Gasteiger partial charge in [0.05, 0.1) is 0 Å². The number of hydrogen-bond acceptors (Lipinski definition) is 1. The highest BCUT2D eigenvalue weighted by Gasteiger charge is 2.28. The van der Waals surface area contributed by atoms with E-state index >= 15 is 0 Å². The van der Waals surface area contributed by atoms with Crippen LogP contribution in [0.15, 0.2) is 0 Å². The third-order valence-electron chi connectivity index (χ3n) is 2.50. The molecular weight excluding hydrogens is 192 g/mol. The molecule has 60 valence electrons. The van der Waals surface area contributed by atoms with Crippen LogP contribution in [0.1, 0.15) is 32.6 Å². The summed E-state index contributed by atoms with van der Waals surface area (Å²) in [6, 6.07) is 0. The lowest BCUT2D eigenvalue weighted by Crippen LogP contribution is -2.27. The Bertz CT molecular complexity index is 106. The van der Waals surface area contributed by atoms with E-state index in [1.165, 1.54) is 25.7 Å². The molecule has 1 rings (SSSR count). The Labute approximate surface area is 70.9 Å². The maximum atomic E-state index is 9.02. The molecule has 1 saturated carbocycles. The number of alkyl halides is 1. The van der Waals surface area contributed by atoms with Gasteiger partial charge < -0.3 is 5.11 Å². The van der Waals surface area contributed by atoms with E-state index in [-0.39, 0.29) is 5.41 Å². The molecule has 0 amide bonds. The molecule has 0 bridgehead atoms. The quantitative estimate of drug-likeness (QED) is 0.654. The van der Waals surface area contributed by atoms with Crippen molar-refractivity contribution in [2.75, 3.05) is 6.61 Å². The predicted molar refractivity (Wildman–Crippen MR) is 46.4 cm³/mol. The van der Waals surface area contributed by atoms with E-state index in [9.17, 15) is 0 Å². The van der Waals surface area contributed by atoms with E-state index in [1.807, 2.05) is 0 Å². The van der Waals surface area contributed by atoms with E-state index in [2.05, 4.69) is 22.9 Å². The lowest BCUT2D eigenvalue weighted by molar-refractivity contribution is 0.103. The molecule has 1 N–H and O–H groups in total. The van der Waals surface area contributed by atoms with Crippen molar-refractivity contribution in [3.63, 3.8) is 0 Å². The van der Waals surface area contributed by atoms with Gasteiger partial charge in [-0.05, 0) is 31.1 Å². The molecule has 0 heterocycles. The van der Waals surface area contributed by atoms with Gasteiger partial charge in [0, 0.05) is 11.4 Å². The van der Waals surface area contributed by atoms with E-state index in [0.29, 0.717) is 11.4 Å². The van der Waals surface area contributed by atoms with Gasteiger partial charge in [-0.2, -0.15) is 0 Å². The Morgan fingerprint density at radius 2 is 2.00 bits per heavy atom. The molecule has 0 unspecified atom stereocenters. The average Bonchev–Trinajstić information content (AvgIpc) is 1.96. The normalized spacial score (nSPS) is 41.7. The van der Waals surface area contributed by atoms with Gasteiger partial charge in [-0.1, -0.05) is 22.9 Å². The van der Waals surface area contributed by atoms with Gasteiger partial charge in [-0.15, -0.1) is 0 Å². The summed E-state index contributed by atoms with van der Waals surface area (Å²) in [6.45, 7) is 2.53. The molecule has 1 aliphatic carbocycles. The van der Waals surface area contributed by atoms with Crippen LogP contribution < -0.4 is 0 Å². The Balaban J connectivity index is 2.38. The van der Waals surface area contributed by atoms with Crippen molar-refractivity contribution in [1.82, 2.24) is 0 Å². The summed E-state index contributed by atoms with van der Waals surface area (Å²) in [4.78, 5) is 0.701. The van der Waals surface area contributed by atoms with Crippen molar-refractivity contribution in [2.45, 2.75) is 37.4 Å². The number of halogens is 1. The molecule has 10 heavy (non-hydrogen) atoms. The van der Waals surface area contributed by atoms with Crippen molar-refractivity contribution in [3.05, 3.63) is 0 Å². The SMILES string of the molecule is CC1(CO)CCC(Br)CC1. The molecule has 1 nitrogen and oxygen atoms in total. The maximum absolute atomic E-state index is 9.02. The highest BCUT2D eigenvalue weighted by molar-refractivity contribution is 9.09. The van der Waals surface area contributed by atoms with Crippen LogP contribution in [0.2, 0.25) is 0 Å². The fraction of sp³-hybridized carbons (Fsp3) is 1.00. The Morgan fingerprint density at radius 3 is 2.40 bits per heavy atom. The minimum absolute atomic E-state index is 0.226. The highest BCUT2D eigenvalue weighted by Crippen LogP contribution is 2.37. The minimum Gasteiger partial charge on any atom is -0.396 e. The first-order valence-corrected chi connectivity index (χ1v) is 4.83. The molecule has 0 aromatic carbocycles. The van der Waals surface area contributed by atoms with Crippen molar-refractivity contribution in [1.29, 1.82) is 0 Å². The van der Waals surface area contributed by atoms with Crippen LogP contribution in [0.4, 0.5) is 0 Å².